The van der Waals surface area contributed by atoms with E-state index >= 15 is 0 Å². The highest BCUT2D eigenvalue weighted by molar-refractivity contribution is 5.97. The molecule has 0 fully saturated rings. The van der Waals surface area contributed by atoms with Gasteiger partial charge >= 0.3 is 0 Å². The van der Waals surface area contributed by atoms with Crippen molar-refractivity contribution in [3.8, 4) is 0 Å². The zero-order chi connectivity index (χ0) is 9.80. The molecule has 0 unspecified atom stereocenters. The Kier molecular flexibility index (Phi) is 2.40. The molecule has 0 aliphatic carbocycles. The Labute approximate surface area is 82.0 Å². The highest BCUT2D eigenvalue weighted by atomic mass is 16.6. The van der Waals surface area contributed by atoms with Crippen molar-refractivity contribution in [2.45, 2.75) is 0 Å². The molecule has 1 aromatic heterocycles. The van der Waals surface area contributed by atoms with Crippen LogP contribution in [0.25, 0.3) is 10.9 Å². The molecular weight excluding hydrogens is 176 g/mol. The molecule has 0 atom stereocenters. The first-order valence-electron chi connectivity index (χ1n) is 4.32. The molecule has 2 aromatic rings. The van der Waals surface area contributed by atoms with Crippen molar-refractivity contribution in [3.05, 3.63) is 42.1 Å². The van der Waals surface area contributed by atoms with E-state index in [4.69, 9.17) is 0 Å². The number of nitrogens with zero attached hydrogens (tertiary/aromatic N) is 2. The number of benzene rings is 1. The molecule has 0 saturated carbocycles. The molecule has 0 aliphatic rings. The van der Waals surface area contributed by atoms with E-state index in [0.29, 0.717) is 0 Å². The lowest BCUT2D eigenvalue weighted by atomic mass is 10.1. The predicted octanol–water partition coefficient (Wildman–Crippen LogP) is 2.22. The second-order valence-electron chi connectivity index (χ2n) is 2.83. The summed E-state index contributed by atoms with van der Waals surface area (Å²) in [6, 6.07) is 9.84. The fourth-order valence-corrected chi connectivity index (χ4v) is 1.34. The number of aromatic nitrogens is 1. The molecule has 0 amide bonds. The van der Waals surface area contributed by atoms with Crippen LogP contribution in [0.3, 0.4) is 0 Å². The van der Waals surface area contributed by atoms with Crippen LogP contribution in [0.4, 0.5) is 0 Å². The third-order valence-corrected chi connectivity index (χ3v) is 1.98. The Morgan fingerprint density at radius 1 is 1.29 bits per heavy atom. The van der Waals surface area contributed by atoms with Gasteiger partial charge in [-0.3, -0.25) is 4.98 Å². The van der Waals surface area contributed by atoms with Gasteiger partial charge in [-0.25, -0.2) is 0 Å². The molecule has 1 aromatic carbocycles. The number of rotatable bonds is 2. The van der Waals surface area contributed by atoms with Crippen molar-refractivity contribution in [1.82, 2.24) is 4.98 Å². The number of pyridine rings is 1. The van der Waals surface area contributed by atoms with Gasteiger partial charge in [0, 0.05) is 17.1 Å². The Balaban J connectivity index is 2.59. The molecular formula is C11H10N2O. The molecule has 0 saturated heterocycles. The van der Waals surface area contributed by atoms with Crippen molar-refractivity contribution in [2.75, 3.05) is 7.11 Å². The van der Waals surface area contributed by atoms with Crippen molar-refractivity contribution in [3.63, 3.8) is 0 Å². The van der Waals surface area contributed by atoms with Crippen LogP contribution in [0.1, 0.15) is 5.56 Å². The van der Waals surface area contributed by atoms with Crippen molar-refractivity contribution in [1.29, 1.82) is 0 Å². The second-order valence-corrected chi connectivity index (χ2v) is 2.83. The fraction of sp³-hybridized carbons (Fsp3) is 0.0909. The predicted molar refractivity (Wildman–Crippen MR) is 56.3 cm³/mol. The zero-order valence-corrected chi connectivity index (χ0v) is 7.84. The first kappa shape index (κ1) is 8.69. The Hall–Kier alpha value is -1.90. The Morgan fingerprint density at radius 2 is 2.14 bits per heavy atom. The number of fused-ring (bicyclic) bond motifs is 1. The monoisotopic (exact) mass is 186 g/mol. The van der Waals surface area contributed by atoms with Crippen molar-refractivity contribution >= 4 is 17.1 Å². The molecule has 0 radical (unpaired) electrons. The van der Waals surface area contributed by atoms with Gasteiger partial charge in [-0.15, -0.1) is 0 Å². The molecule has 0 aliphatic heterocycles. The van der Waals surface area contributed by atoms with Gasteiger partial charge in [0.25, 0.3) is 0 Å². The van der Waals surface area contributed by atoms with E-state index in [9.17, 15) is 0 Å². The molecule has 14 heavy (non-hydrogen) atoms. The highest BCUT2D eigenvalue weighted by Crippen LogP contribution is 2.13. The fourth-order valence-electron chi connectivity index (χ4n) is 1.34. The minimum absolute atomic E-state index is 0.965. The summed E-state index contributed by atoms with van der Waals surface area (Å²) in [5.74, 6) is 0. The minimum Gasteiger partial charge on any atom is -0.399 e. The van der Waals surface area contributed by atoms with Crippen LogP contribution in [0.2, 0.25) is 0 Å². The minimum atomic E-state index is 0.965. The maximum absolute atomic E-state index is 4.64. The lowest BCUT2D eigenvalue weighted by Gasteiger charge is -1.99. The van der Waals surface area contributed by atoms with Crippen LogP contribution < -0.4 is 0 Å². The van der Waals surface area contributed by atoms with Crippen LogP contribution in [0.15, 0.2) is 41.7 Å². The molecule has 0 bridgehead atoms. The van der Waals surface area contributed by atoms with E-state index in [1.165, 1.54) is 7.11 Å². The van der Waals surface area contributed by atoms with Crippen LogP contribution in [0.5, 0.6) is 0 Å². The van der Waals surface area contributed by atoms with Gasteiger partial charge < -0.3 is 4.84 Å². The Bertz CT molecular complexity index is 460. The van der Waals surface area contributed by atoms with Gasteiger partial charge in [0.2, 0.25) is 0 Å². The third-order valence-electron chi connectivity index (χ3n) is 1.98. The summed E-state index contributed by atoms with van der Waals surface area (Å²) in [4.78, 5) is 8.89. The second kappa shape index (κ2) is 3.87. The average Bonchev–Trinajstić information content (AvgIpc) is 2.26. The zero-order valence-electron chi connectivity index (χ0n) is 7.84. The van der Waals surface area contributed by atoms with Gasteiger partial charge in [0.05, 0.1) is 11.7 Å². The lowest BCUT2D eigenvalue weighted by Crippen LogP contribution is -1.86. The first-order valence-corrected chi connectivity index (χ1v) is 4.32. The topological polar surface area (TPSA) is 34.5 Å². The molecule has 0 N–H and O–H groups in total. The van der Waals surface area contributed by atoms with Gasteiger partial charge in [-0.1, -0.05) is 23.4 Å². The molecule has 70 valence electrons. The molecule has 1 heterocycles. The lowest BCUT2D eigenvalue weighted by molar-refractivity contribution is 0.215. The first-order chi connectivity index (χ1) is 6.92. The smallest absolute Gasteiger partial charge is 0.106 e. The summed E-state index contributed by atoms with van der Waals surface area (Å²) < 4.78 is 0. The normalized spacial score (nSPS) is 10.9. The van der Waals surface area contributed by atoms with E-state index in [0.717, 1.165) is 16.5 Å². The number of para-hydroxylation sites is 1. The van der Waals surface area contributed by atoms with Gasteiger partial charge in [-0.05, 0) is 12.1 Å². The van der Waals surface area contributed by atoms with Crippen LogP contribution in [-0.4, -0.2) is 18.3 Å². The number of oxime groups is 1. The quantitative estimate of drug-likeness (QED) is 0.532. The maximum Gasteiger partial charge on any atom is 0.106 e. The van der Waals surface area contributed by atoms with Gasteiger partial charge in [-0.2, -0.15) is 0 Å². The summed E-state index contributed by atoms with van der Waals surface area (Å²) in [5.41, 5.74) is 1.98. The number of hydrogen-bond acceptors (Lipinski definition) is 3. The molecule has 2 rings (SSSR count). The molecule has 3 nitrogen and oxygen atoms in total. The summed E-state index contributed by atoms with van der Waals surface area (Å²) >= 11 is 0. The third kappa shape index (κ3) is 1.57. The van der Waals surface area contributed by atoms with Gasteiger partial charge in [0.1, 0.15) is 7.11 Å². The van der Waals surface area contributed by atoms with Crippen molar-refractivity contribution < 1.29 is 4.84 Å². The summed E-state index contributed by atoms with van der Waals surface area (Å²) in [6.07, 6.45) is 3.45. The maximum atomic E-state index is 4.64. The van der Waals surface area contributed by atoms with E-state index in [-0.39, 0.29) is 0 Å². The average molecular weight is 186 g/mol. The van der Waals surface area contributed by atoms with E-state index in [1.54, 1.807) is 12.4 Å². The van der Waals surface area contributed by atoms with Crippen LogP contribution in [-0.2, 0) is 4.84 Å². The molecule has 3 heteroatoms. The summed E-state index contributed by atoms with van der Waals surface area (Å²) in [6.45, 7) is 0. The van der Waals surface area contributed by atoms with Crippen LogP contribution >= 0.6 is 0 Å². The van der Waals surface area contributed by atoms with E-state index < -0.39 is 0 Å². The standard InChI is InChI=1S/C11H10N2O/c1-14-13-8-9-6-7-12-11-5-3-2-4-10(9)11/h2-8H,1H3/b13-8+. The Morgan fingerprint density at radius 3 is 3.00 bits per heavy atom. The summed E-state index contributed by atoms with van der Waals surface area (Å²) in [5, 5.41) is 4.82. The van der Waals surface area contributed by atoms with E-state index in [2.05, 4.69) is 15.0 Å². The van der Waals surface area contributed by atoms with Crippen molar-refractivity contribution in [2.24, 2.45) is 5.16 Å². The molecule has 0 spiro atoms. The van der Waals surface area contributed by atoms with Crippen LogP contribution in [0, 0.1) is 0 Å². The van der Waals surface area contributed by atoms with E-state index in [1.807, 2.05) is 30.3 Å². The number of hydrogen-bond donors (Lipinski definition) is 0. The SMILES string of the molecule is CO/N=C/c1ccnc2ccccc12. The van der Waals surface area contributed by atoms with Gasteiger partial charge in [0.15, 0.2) is 0 Å². The largest absolute Gasteiger partial charge is 0.399 e. The summed E-state index contributed by atoms with van der Waals surface area (Å²) in [7, 11) is 1.53. The highest BCUT2D eigenvalue weighted by Gasteiger charge is 1.97.